The zero-order valence-electron chi connectivity index (χ0n) is 29.4. The summed E-state index contributed by atoms with van der Waals surface area (Å²) in [7, 11) is 0. The van der Waals surface area contributed by atoms with Gasteiger partial charge in [-0.25, -0.2) is 4.79 Å². The van der Waals surface area contributed by atoms with E-state index in [1.165, 1.54) is 17.2 Å². The van der Waals surface area contributed by atoms with E-state index in [4.69, 9.17) is 16.8 Å². The highest BCUT2D eigenvalue weighted by molar-refractivity contribution is 5.86. The quantitative estimate of drug-likeness (QED) is 0.0650. The molecule has 1 aliphatic carbocycles. The predicted molar refractivity (Wildman–Crippen MR) is 201 cm³/mol. The summed E-state index contributed by atoms with van der Waals surface area (Å²) in [6, 6.07) is 13.9. The molecular weight excluding hydrogens is 644 g/mol. The van der Waals surface area contributed by atoms with Crippen LogP contribution in [0.1, 0.15) is 86.8 Å². The van der Waals surface area contributed by atoms with Crippen molar-refractivity contribution >= 4 is 41.1 Å². The minimum absolute atomic E-state index is 0.0316. The molecule has 0 spiro atoms. The first-order valence-corrected chi connectivity index (χ1v) is 18.4. The number of aliphatic imine (C=N–C) groups is 1. The first-order valence-electron chi connectivity index (χ1n) is 18.4. The number of aliphatic carboxylic acids is 1. The van der Waals surface area contributed by atoms with Gasteiger partial charge in [0.1, 0.15) is 12.6 Å². The van der Waals surface area contributed by atoms with Gasteiger partial charge in [-0.15, -0.1) is 0 Å². The van der Waals surface area contributed by atoms with Crippen LogP contribution in [-0.4, -0.2) is 71.0 Å². The van der Waals surface area contributed by atoms with Gasteiger partial charge in [0.25, 0.3) is 0 Å². The van der Waals surface area contributed by atoms with Gasteiger partial charge in [0, 0.05) is 37.6 Å². The second-order valence-electron chi connectivity index (χ2n) is 14.2. The van der Waals surface area contributed by atoms with Crippen molar-refractivity contribution in [2.75, 3.05) is 13.2 Å². The van der Waals surface area contributed by atoms with Crippen molar-refractivity contribution in [3.63, 3.8) is 0 Å². The zero-order chi connectivity index (χ0) is 36.2. The molecule has 2 aliphatic rings. The summed E-state index contributed by atoms with van der Waals surface area (Å²) >= 11 is 0. The Morgan fingerprint density at radius 2 is 1.92 bits per heavy atom. The number of guanidine groups is 1. The fourth-order valence-corrected chi connectivity index (χ4v) is 8.02. The molecule has 3 aromatic rings. The average Bonchev–Trinajstić information content (AvgIpc) is 3.63. The minimum Gasteiger partial charge on any atom is -0.478 e. The Kier molecular flexibility index (Phi) is 13.8. The number of aldehydes is 2. The Labute approximate surface area is 300 Å². The van der Waals surface area contributed by atoms with Gasteiger partial charge in [-0.1, -0.05) is 60.9 Å². The van der Waals surface area contributed by atoms with Gasteiger partial charge in [-0.2, -0.15) is 0 Å². The summed E-state index contributed by atoms with van der Waals surface area (Å²) < 4.78 is 0. The van der Waals surface area contributed by atoms with Crippen molar-refractivity contribution in [1.82, 2.24) is 10.3 Å². The number of aromatic amines is 1. The monoisotopic (exact) mass is 697 g/mol. The summed E-state index contributed by atoms with van der Waals surface area (Å²) in [6.45, 7) is 0.587. The molecule has 5 rings (SSSR count). The number of rotatable bonds is 20. The number of carboxylic acids is 1. The number of aromatic nitrogens is 1. The van der Waals surface area contributed by atoms with E-state index < -0.39 is 12.0 Å². The molecule has 2 heterocycles. The van der Waals surface area contributed by atoms with Crippen molar-refractivity contribution in [2.45, 2.75) is 101 Å². The van der Waals surface area contributed by atoms with Crippen LogP contribution in [0.25, 0.3) is 16.1 Å². The summed E-state index contributed by atoms with van der Waals surface area (Å²) in [5.41, 5.74) is 17.0. The number of fused-ring (bicyclic) bond motifs is 2. The number of hydrogen-bond donors (Lipinski definition) is 6. The number of nitrogens with two attached hydrogens (primary N) is 2. The molecule has 0 saturated carbocycles. The SMILES string of the molecule is NC1=NCCC(C(=CC(=O)O)C(CC2CCc3cc4ccc(CC=O)cc4cc3C2CCCC(N)CCC(C=O)CCCO)[N-]c2ccc[nH]2)N1. The number of hydrogen-bond acceptors (Lipinski definition) is 8. The normalized spacial score (nSPS) is 20.8. The standard InChI is InChI=1S/C40H53N6O5/c41-32(13-9-27(25-49)4-3-18-47)5-1-6-33-30(12-11-29-21-28-10-8-26(15-19-48)20-31(28)22-34(29)33)23-37(45-38-7-2-16-43-38)35(24-39(50)51)36-14-17-44-40(42)46-36/h2,7-8,10,16,19-22,24-25,27,30,32-33,36-37,43,47H,1,3-6,9,11-15,17-18,23,41H2,(H,50,51)(H3,42,44,46)/q-1. The fourth-order valence-electron chi connectivity index (χ4n) is 8.02. The molecule has 6 atom stereocenters. The second kappa shape index (κ2) is 18.7. The molecule has 2 aromatic carbocycles. The van der Waals surface area contributed by atoms with E-state index >= 15 is 0 Å². The van der Waals surface area contributed by atoms with Gasteiger partial charge in [-0.3, -0.25) is 4.99 Å². The highest BCUT2D eigenvalue weighted by Gasteiger charge is 2.33. The van der Waals surface area contributed by atoms with Crippen LogP contribution in [0.15, 0.2) is 65.3 Å². The van der Waals surface area contributed by atoms with Crippen molar-refractivity contribution in [2.24, 2.45) is 28.3 Å². The van der Waals surface area contributed by atoms with Crippen molar-refractivity contribution in [3.05, 3.63) is 82.3 Å². The first-order chi connectivity index (χ1) is 24.8. The topological polar surface area (TPSA) is 198 Å². The van der Waals surface area contributed by atoms with E-state index in [0.717, 1.165) is 73.9 Å². The molecule has 0 fully saturated rings. The average molecular weight is 698 g/mol. The van der Waals surface area contributed by atoms with Crippen LogP contribution >= 0.6 is 0 Å². The molecule has 11 nitrogen and oxygen atoms in total. The summed E-state index contributed by atoms with van der Waals surface area (Å²) in [6.07, 6.45) is 13.9. The van der Waals surface area contributed by atoms with E-state index in [2.05, 4.69) is 39.6 Å². The number of H-pyrrole nitrogens is 1. The second-order valence-corrected chi connectivity index (χ2v) is 14.2. The van der Waals surface area contributed by atoms with Crippen LogP contribution in [0.5, 0.6) is 0 Å². The van der Waals surface area contributed by atoms with Crippen LogP contribution in [0.4, 0.5) is 5.82 Å². The summed E-state index contributed by atoms with van der Waals surface area (Å²) in [5, 5.41) is 29.8. The lowest BCUT2D eigenvalue weighted by Gasteiger charge is -2.40. The number of aryl methyl sites for hydroxylation is 1. The molecular formula is C40H53N6O5-. The first kappa shape index (κ1) is 37.8. The maximum absolute atomic E-state index is 12.3. The van der Waals surface area contributed by atoms with Gasteiger partial charge in [0.15, 0.2) is 5.96 Å². The van der Waals surface area contributed by atoms with Crippen molar-refractivity contribution in [1.29, 1.82) is 0 Å². The molecule has 1 aromatic heterocycles. The number of nitrogens with zero attached hydrogens (tertiary/aromatic N) is 2. The van der Waals surface area contributed by atoms with Gasteiger partial charge < -0.3 is 46.9 Å². The molecule has 8 N–H and O–H groups in total. The van der Waals surface area contributed by atoms with E-state index in [-0.39, 0.29) is 36.4 Å². The maximum Gasteiger partial charge on any atom is 0.328 e. The van der Waals surface area contributed by atoms with Crippen LogP contribution in [-0.2, 0) is 27.2 Å². The number of carbonyl (C=O) groups is 3. The molecule has 0 bridgehead atoms. The Balaban J connectivity index is 1.43. The lowest BCUT2D eigenvalue weighted by Crippen LogP contribution is -2.47. The minimum atomic E-state index is -1.02. The lowest BCUT2D eigenvalue weighted by molar-refractivity contribution is -0.131. The van der Waals surface area contributed by atoms with Gasteiger partial charge in [0.2, 0.25) is 0 Å². The lowest BCUT2D eigenvalue weighted by atomic mass is 9.69. The van der Waals surface area contributed by atoms with Crippen molar-refractivity contribution in [3.8, 4) is 0 Å². The van der Waals surface area contributed by atoms with Crippen LogP contribution in [0, 0.1) is 11.8 Å². The van der Waals surface area contributed by atoms with Crippen LogP contribution in [0.2, 0.25) is 0 Å². The third-order valence-corrected chi connectivity index (χ3v) is 10.7. The van der Waals surface area contributed by atoms with Gasteiger partial charge in [-0.05, 0) is 115 Å². The van der Waals surface area contributed by atoms with Crippen LogP contribution < -0.4 is 16.8 Å². The maximum atomic E-state index is 12.3. The Bertz CT molecular complexity index is 1670. The predicted octanol–water partition coefficient (Wildman–Crippen LogP) is 5.57. The zero-order valence-corrected chi connectivity index (χ0v) is 29.4. The Morgan fingerprint density at radius 3 is 2.65 bits per heavy atom. The number of carbonyl (C=O) groups excluding carboxylic acids is 2. The largest absolute Gasteiger partial charge is 0.478 e. The Morgan fingerprint density at radius 1 is 1.06 bits per heavy atom. The molecule has 274 valence electrons. The van der Waals surface area contributed by atoms with Crippen LogP contribution in [0.3, 0.4) is 0 Å². The number of aliphatic hydroxyl groups is 1. The third-order valence-electron chi connectivity index (χ3n) is 10.7. The Hall–Kier alpha value is -4.48. The molecule has 1 aliphatic heterocycles. The third kappa shape index (κ3) is 10.5. The number of benzene rings is 2. The van der Waals surface area contributed by atoms with E-state index in [1.54, 1.807) is 0 Å². The number of carboxylic acid groups (broad SMARTS) is 1. The number of aliphatic hydroxyl groups excluding tert-OH is 1. The highest BCUT2D eigenvalue weighted by atomic mass is 16.4. The smallest absolute Gasteiger partial charge is 0.328 e. The highest BCUT2D eigenvalue weighted by Crippen LogP contribution is 2.45. The number of nitrogens with one attached hydrogen (secondary N) is 2. The summed E-state index contributed by atoms with van der Waals surface area (Å²) in [4.78, 5) is 42.6. The van der Waals surface area contributed by atoms with Crippen molar-refractivity contribution < 1.29 is 24.6 Å². The van der Waals surface area contributed by atoms with E-state index in [0.29, 0.717) is 56.0 Å². The van der Waals surface area contributed by atoms with Gasteiger partial charge >= 0.3 is 5.97 Å². The molecule has 0 amide bonds. The molecule has 0 radical (unpaired) electrons. The fraction of sp³-hybridized carbons (Fsp3) is 0.500. The molecule has 11 heteroatoms. The molecule has 6 unspecified atom stereocenters. The molecule has 0 saturated heterocycles. The van der Waals surface area contributed by atoms with E-state index in [9.17, 15) is 24.6 Å². The summed E-state index contributed by atoms with van der Waals surface area (Å²) in [5.74, 6) is 0.279. The van der Waals surface area contributed by atoms with E-state index in [1.807, 2.05) is 24.4 Å². The van der Waals surface area contributed by atoms with Gasteiger partial charge in [0.05, 0.1) is 6.04 Å². The molecule has 51 heavy (non-hydrogen) atoms.